The molecule has 36 heavy (non-hydrogen) atoms. The van der Waals surface area contributed by atoms with E-state index in [0.29, 0.717) is 0 Å². The molecule has 2 unspecified atom stereocenters. The molecule has 0 aliphatic carbocycles. The normalized spacial score (nSPS) is 13.4. The molecule has 0 radical (unpaired) electrons. The van der Waals surface area contributed by atoms with Crippen LogP contribution < -0.4 is 0 Å². The number of esters is 2. The van der Waals surface area contributed by atoms with Gasteiger partial charge in [-0.25, -0.2) is 9.59 Å². The van der Waals surface area contributed by atoms with E-state index in [0.717, 1.165) is 23.1 Å². The summed E-state index contributed by atoms with van der Waals surface area (Å²) in [6.45, 7) is 12.0. The number of aliphatic hydroxyl groups excluding tert-OH is 2. The zero-order chi connectivity index (χ0) is 26.7. The lowest BCUT2D eigenvalue weighted by atomic mass is 9.96. The Morgan fingerprint density at radius 2 is 1.22 bits per heavy atom. The van der Waals surface area contributed by atoms with Crippen molar-refractivity contribution in [2.75, 3.05) is 13.2 Å². The minimum absolute atomic E-state index is 0.0540. The second-order valence-electron chi connectivity index (χ2n) is 9.07. The maximum absolute atomic E-state index is 12.2. The summed E-state index contributed by atoms with van der Waals surface area (Å²) in [5, 5.41) is 19.1. The van der Waals surface area contributed by atoms with Crippen molar-refractivity contribution >= 4 is 11.9 Å². The van der Waals surface area contributed by atoms with Crippen LogP contribution in [-0.2, 0) is 25.5 Å². The summed E-state index contributed by atoms with van der Waals surface area (Å²) in [5.41, 5.74) is 4.16. The van der Waals surface area contributed by atoms with Gasteiger partial charge in [0.1, 0.15) is 13.2 Å². The second-order valence-corrected chi connectivity index (χ2v) is 9.07. The zero-order valence-corrected chi connectivity index (χ0v) is 21.5. The molecule has 0 amide bonds. The Bertz CT molecular complexity index is 982. The van der Waals surface area contributed by atoms with Gasteiger partial charge in [-0.1, -0.05) is 81.5 Å². The van der Waals surface area contributed by atoms with E-state index in [1.165, 1.54) is 38.7 Å². The fraction of sp³-hybridized carbons (Fsp3) is 0.400. The molecule has 194 valence electrons. The Morgan fingerprint density at radius 3 is 1.64 bits per heavy atom. The van der Waals surface area contributed by atoms with Gasteiger partial charge in [-0.2, -0.15) is 0 Å². The van der Waals surface area contributed by atoms with E-state index in [-0.39, 0.29) is 24.4 Å². The summed E-state index contributed by atoms with van der Waals surface area (Å²) in [5.74, 6) is -1.90. The van der Waals surface area contributed by atoms with Crippen LogP contribution in [-0.4, -0.2) is 47.6 Å². The number of carbonyl (C=O) groups is 2. The van der Waals surface area contributed by atoms with Gasteiger partial charge >= 0.3 is 11.9 Å². The van der Waals surface area contributed by atoms with E-state index in [1.54, 1.807) is 0 Å². The van der Waals surface area contributed by atoms with Gasteiger partial charge in [-0.3, -0.25) is 0 Å². The highest BCUT2D eigenvalue weighted by molar-refractivity contribution is 5.89. The van der Waals surface area contributed by atoms with Gasteiger partial charge in [0, 0.05) is 0 Å². The summed E-state index contributed by atoms with van der Waals surface area (Å²) < 4.78 is 10.7. The van der Waals surface area contributed by atoms with Gasteiger partial charge in [0.2, 0.25) is 0 Å². The number of hydrogen-bond donors (Lipinski definition) is 2. The molecule has 2 aromatic rings. The number of aryl methyl sites for hydroxylation is 1. The molecule has 2 N–H and O–H groups in total. The van der Waals surface area contributed by atoms with Gasteiger partial charge in [0.25, 0.3) is 0 Å². The van der Waals surface area contributed by atoms with E-state index in [9.17, 15) is 19.8 Å². The topological polar surface area (TPSA) is 93.1 Å². The predicted molar refractivity (Wildman–Crippen MR) is 141 cm³/mol. The molecule has 0 aromatic heterocycles. The third-order valence-electron chi connectivity index (χ3n) is 6.10. The summed E-state index contributed by atoms with van der Waals surface area (Å²) >= 11 is 0. The van der Waals surface area contributed by atoms with Crippen LogP contribution in [0.3, 0.4) is 0 Å². The van der Waals surface area contributed by atoms with Crippen LogP contribution in [0.25, 0.3) is 11.1 Å². The number of unbranched alkanes of at least 4 members (excludes halogenated alkanes) is 2. The number of hydrogen-bond acceptors (Lipinski definition) is 6. The van der Waals surface area contributed by atoms with Crippen LogP contribution in [0, 0.1) is 0 Å². The Labute approximate surface area is 214 Å². The Morgan fingerprint density at radius 1 is 0.778 bits per heavy atom. The molecular formula is C30H38O6. The Balaban J connectivity index is 2.14. The monoisotopic (exact) mass is 494 g/mol. The molecule has 0 spiro atoms. The number of carbonyl (C=O) groups excluding carboxylic acids is 2. The van der Waals surface area contributed by atoms with E-state index in [1.807, 2.05) is 24.3 Å². The Kier molecular flexibility index (Phi) is 11.6. The summed E-state index contributed by atoms with van der Waals surface area (Å²) in [7, 11) is 0. The fourth-order valence-corrected chi connectivity index (χ4v) is 3.51. The van der Waals surface area contributed by atoms with Crippen molar-refractivity contribution in [1.82, 2.24) is 0 Å². The molecule has 0 heterocycles. The molecular weight excluding hydrogens is 456 g/mol. The molecule has 6 nitrogen and oxygen atoms in total. The number of aliphatic hydroxyl groups is 2. The van der Waals surface area contributed by atoms with Crippen molar-refractivity contribution in [3.05, 3.63) is 84.0 Å². The lowest BCUT2D eigenvalue weighted by Gasteiger charge is -2.19. The quantitative estimate of drug-likeness (QED) is 0.215. The largest absolute Gasteiger partial charge is 0.461 e. The van der Waals surface area contributed by atoms with Gasteiger partial charge in [-0.15, -0.1) is 0 Å². The molecule has 0 aliphatic heterocycles. The summed E-state index contributed by atoms with van der Waals surface area (Å²) in [6, 6.07) is 16.3. The van der Waals surface area contributed by atoms with E-state index < -0.39 is 30.1 Å². The third kappa shape index (κ3) is 8.77. The first-order valence-corrected chi connectivity index (χ1v) is 12.4. The van der Waals surface area contributed by atoms with E-state index in [2.05, 4.69) is 44.3 Å². The highest BCUT2D eigenvalue weighted by Gasteiger charge is 2.21. The van der Waals surface area contributed by atoms with Crippen molar-refractivity contribution in [2.45, 2.75) is 64.6 Å². The lowest BCUT2D eigenvalue weighted by molar-refractivity contribution is -0.143. The average molecular weight is 495 g/mol. The minimum Gasteiger partial charge on any atom is -0.461 e. The van der Waals surface area contributed by atoms with Crippen LogP contribution in [0.1, 0.15) is 57.1 Å². The van der Waals surface area contributed by atoms with Crippen molar-refractivity contribution in [3.63, 3.8) is 0 Å². The molecule has 6 heteroatoms. The molecule has 0 aliphatic rings. The highest BCUT2D eigenvalue weighted by atomic mass is 16.5. The zero-order valence-electron chi connectivity index (χ0n) is 21.5. The predicted octanol–water partition coefficient (Wildman–Crippen LogP) is 5.13. The molecule has 0 saturated carbocycles. The van der Waals surface area contributed by atoms with Crippen molar-refractivity contribution in [2.24, 2.45) is 0 Å². The van der Waals surface area contributed by atoms with E-state index in [4.69, 9.17) is 9.47 Å². The van der Waals surface area contributed by atoms with Gasteiger partial charge in [0.05, 0.1) is 29.3 Å². The van der Waals surface area contributed by atoms with E-state index >= 15 is 0 Å². The second kappa shape index (κ2) is 14.4. The number of ether oxygens (including phenoxy) is 2. The molecule has 0 fully saturated rings. The first-order valence-electron chi connectivity index (χ1n) is 12.4. The molecule has 0 saturated heterocycles. The molecule has 0 bridgehead atoms. The van der Waals surface area contributed by atoms with Crippen LogP contribution >= 0.6 is 0 Å². The first kappa shape index (κ1) is 29.0. The van der Waals surface area contributed by atoms with Crippen molar-refractivity contribution in [3.8, 4) is 11.1 Å². The van der Waals surface area contributed by atoms with Crippen LogP contribution in [0.5, 0.6) is 0 Å². The fourth-order valence-electron chi connectivity index (χ4n) is 3.51. The maximum atomic E-state index is 12.2. The summed E-state index contributed by atoms with van der Waals surface area (Å²) in [4.78, 5) is 24.3. The molecule has 2 atom stereocenters. The Hall–Kier alpha value is -3.22. The van der Waals surface area contributed by atoms with Crippen LogP contribution in [0.4, 0.5) is 0 Å². The van der Waals surface area contributed by atoms with Gasteiger partial charge in [-0.05, 0) is 48.9 Å². The lowest BCUT2D eigenvalue weighted by Crippen LogP contribution is -2.24. The number of rotatable bonds is 14. The third-order valence-corrected chi connectivity index (χ3v) is 6.10. The van der Waals surface area contributed by atoms with Gasteiger partial charge < -0.3 is 19.7 Å². The van der Waals surface area contributed by atoms with Crippen LogP contribution in [0.2, 0.25) is 0 Å². The molecule has 2 rings (SSSR count). The highest BCUT2D eigenvalue weighted by Crippen LogP contribution is 2.25. The van der Waals surface area contributed by atoms with Gasteiger partial charge in [0.15, 0.2) is 0 Å². The number of benzene rings is 2. The SMILES string of the molecule is C=C(C(=O)OCC(COC(=O)C(=C)C(C)O)c1ccc(-c2ccc(CCCCC)cc2)cc1)C(C)O. The van der Waals surface area contributed by atoms with Crippen molar-refractivity contribution in [1.29, 1.82) is 0 Å². The van der Waals surface area contributed by atoms with Crippen LogP contribution in [0.15, 0.2) is 72.8 Å². The smallest absolute Gasteiger partial charge is 0.336 e. The first-order chi connectivity index (χ1) is 17.1. The standard InChI is InChI=1S/C30H38O6/c1-6-7-8-9-24-10-12-25(13-11-24)26-14-16-27(17-15-26)28(18-35-29(33)20(2)22(4)31)19-36-30(34)21(3)23(5)32/h10-17,22-23,28,31-32H,2-3,6-9,18-19H2,1,4-5H3. The average Bonchev–Trinajstić information content (AvgIpc) is 2.88. The minimum atomic E-state index is -1.03. The molecule has 2 aromatic carbocycles. The summed E-state index contributed by atoms with van der Waals surface area (Å²) in [6.07, 6.45) is 2.65. The van der Waals surface area contributed by atoms with Crippen molar-refractivity contribution < 1.29 is 29.3 Å². The maximum Gasteiger partial charge on any atom is 0.336 e.